The molecule has 0 amide bonds. The number of aromatic nitrogens is 4. The fourth-order valence-electron chi connectivity index (χ4n) is 3.20. The van der Waals surface area contributed by atoms with Crippen molar-refractivity contribution >= 4 is 45.4 Å². The van der Waals surface area contributed by atoms with Crippen molar-refractivity contribution < 1.29 is 32.2 Å². The molecule has 13 heteroatoms. The second kappa shape index (κ2) is 8.50. The van der Waals surface area contributed by atoms with E-state index in [1.807, 2.05) is 0 Å². The topological polar surface area (TPSA) is 134 Å². The number of carbonyl (C=O) groups excluding carboxylic acids is 1. The zero-order chi connectivity index (χ0) is 24.6. The van der Waals surface area contributed by atoms with Crippen LogP contribution in [0.1, 0.15) is 5.69 Å². The smallest absolute Gasteiger partial charge is 0.491 e. The minimum absolute atomic E-state index is 0.0388. The van der Waals surface area contributed by atoms with Crippen molar-refractivity contribution in [1.82, 2.24) is 19.9 Å². The monoisotopic (exact) mass is 474 g/mol. The molecule has 3 N–H and O–H groups in total. The Labute approximate surface area is 189 Å². The molecule has 0 saturated carbocycles. The van der Waals surface area contributed by atoms with Crippen molar-refractivity contribution in [2.75, 3.05) is 25.3 Å². The molecule has 4 rings (SSSR count). The van der Waals surface area contributed by atoms with Crippen molar-refractivity contribution in [3.8, 4) is 17.4 Å². The van der Waals surface area contributed by atoms with Gasteiger partial charge >= 0.3 is 12.1 Å². The first-order chi connectivity index (χ1) is 16.1. The number of para-hydroxylation sites is 1. The SMILES string of the molecule is COc1cc2c(C)nc(Nc3nc(OC(=O)C(F)(F)F)c4cccc(OC)c4n3)nc2cc1N. The van der Waals surface area contributed by atoms with E-state index >= 15 is 0 Å². The average molecular weight is 474 g/mol. The maximum atomic E-state index is 12.8. The van der Waals surface area contributed by atoms with Crippen LogP contribution in [0, 0.1) is 6.92 Å². The molecular weight excluding hydrogens is 457 g/mol. The Morgan fingerprint density at radius 3 is 2.35 bits per heavy atom. The first-order valence-corrected chi connectivity index (χ1v) is 9.63. The molecule has 0 aliphatic rings. The molecule has 10 nitrogen and oxygen atoms in total. The maximum absolute atomic E-state index is 12.8. The minimum atomic E-state index is -5.22. The van der Waals surface area contributed by atoms with E-state index in [0.29, 0.717) is 28.0 Å². The lowest BCUT2D eigenvalue weighted by Crippen LogP contribution is -2.28. The van der Waals surface area contributed by atoms with Gasteiger partial charge in [0, 0.05) is 5.39 Å². The first kappa shape index (κ1) is 22.8. The van der Waals surface area contributed by atoms with Crippen molar-refractivity contribution in [3.63, 3.8) is 0 Å². The van der Waals surface area contributed by atoms with Crippen molar-refractivity contribution in [3.05, 3.63) is 36.0 Å². The molecule has 0 aliphatic carbocycles. The number of anilines is 3. The molecule has 0 saturated heterocycles. The van der Waals surface area contributed by atoms with Crippen LogP contribution < -0.4 is 25.3 Å². The molecule has 2 aromatic carbocycles. The number of carbonyl (C=O) groups is 1. The summed E-state index contributed by atoms with van der Waals surface area (Å²) in [7, 11) is 2.85. The summed E-state index contributed by atoms with van der Waals surface area (Å²) in [4.78, 5) is 28.4. The number of halogens is 3. The van der Waals surface area contributed by atoms with Gasteiger partial charge in [-0.3, -0.25) is 5.32 Å². The van der Waals surface area contributed by atoms with Gasteiger partial charge in [-0.1, -0.05) is 6.07 Å². The van der Waals surface area contributed by atoms with Gasteiger partial charge in [0.15, 0.2) is 0 Å². The molecule has 0 aliphatic heterocycles. The predicted octanol–water partition coefficient (Wildman–Crippen LogP) is 3.69. The van der Waals surface area contributed by atoms with Crippen LogP contribution in [-0.2, 0) is 4.79 Å². The van der Waals surface area contributed by atoms with Crippen molar-refractivity contribution in [1.29, 1.82) is 0 Å². The molecule has 0 spiro atoms. The van der Waals surface area contributed by atoms with Gasteiger partial charge in [0.1, 0.15) is 17.0 Å². The summed E-state index contributed by atoms with van der Waals surface area (Å²) in [6, 6.07) is 7.72. The van der Waals surface area contributed by atoms with Gasteiger partial charge in [-0.2, -0.15) is 18.2 Å². The summed E-state index contributed by atoms with van der Waals surface area (Å²) in [5.41, 5.74) is 7.47. The van der Waals surface area contributed by atoms with Crippen LogP contribution in [0.3, 0.4) is 0 Å². The molecule has 0 atom stereocenters. The summed E-state index contributed by atoms with van der Waals surface area (Å²) >= 11 is 0. The lowest BCUT2D eigenvalue weighted by Gasteiger charge is -2.13. The zero-order valence-electron chi connectivity index (χ0n) is 18.0. The molecule has 34 heavy (non-hydrogen) atoms. The maximum Gasteiger partial charge on any atom is 0.491 e. The molecule has 4 aromatic rings. The highest BCUT2D eigenvalue weighted by molar-refractivity contribution is 5.92. The summed E-state index contributed by atoms with van der Waals surface area (Å²) in [5.74, 6) is -2.54. The van der Waals surface area contributed by atoms with Gasteiger partial charge in [0.05, 0.1) is 36.5 Å². The summed E-state index contributed by atoms with van der Waals surface area (Å²) in [6.45, 7) is 1.73. The quantitative estimate of drug-likeness (QED) is 0.326. The third-order valence-electron chi connectivity index (χ3n) is 4.76. The number of nitrogen functional groups attached to an aromatic ring is 1. The highest BCUT2D eigenvalue weighted by Crippen LogP contribution is 2.33. The van der Waals surface area contributed by atoms with Crippen LogP contribution in [0.2, 0.25) is 0 Å². The van der Waals surface area contributed by atoms with E-state index < -0.39 is 18.0 Å². The van der Waals surface area contributed by atoms with Crippen molar-refractivity contribution in [2.45, 2.75) is 13.1 Å². The molecule has 176 valence electrons. The van der Waals surface area contributed by atoms with E-state index in [2.05, 4.69) is 30.0 Å². The molecule has 0 bridgehead atoms. The van der Waals surface area contributed by atoms with Gasteiger partial charge in [-0.15, -0.1) is 0 Å². The average Bonchev–Trinajstić information content (AvgIpc) is 2.77. The number of nitrogens with one attached hydrogen (secondary N) is 1. The molecule has 0 fully saturated rings. The highest BCUT2D eigenvalue weighted by atomic mass is 19.4. The standard InChI is InChI=1S/C21H17F3N6O4/c1-9-11-7-15(33-3)12(25)8-13(11)27-19(26-9)30-20-28-16-10(5-4-6-14(16)32-2)17(29-20)34-18(31)21(22,23)24/h4-8H,25H2,1-3H3,(H,26,27,28,29,30). The number of hydrogen-bond donors (Lipinski definition) is 2. The third-order valence-corrected chi connectivity index (χ3v) is 4.76. The van der Waals surface area contributed by atoms with E-state index in [9.17, 15) is 18.0 Å². The van der Waals surface area contributed by atoms with Crippen LogP contribution in [-0.4, -0.2) is 46.3 Å². The summed E-state index contributed by atoms with van der Waals surface area (Å²) in [5, 5.41) is 3.45. The molecular formula is C21H17F3N6O4. The Morgan fingerprint density at radius 2 is 1.68 bits per heavy atom. The Bertz CT molecular complexity index is 1430. The normalized spacial score (nSPS) is 11.5. The van der Waals surface area contributed by atoms with Gasteiger partial charge < -0.3 is 19.9 Å². The number of alkyl halides is 3. The van der Waals surface area contributed by atoms with E-state index in [1.54, 1.807) is 25.1 Å². The number of esters is 1. The second-order valence-corrected chi connectivity index (χ2v) is 6.97. The van der Waals surface area contributed by atoms with Gasteiger partial charge in [0.25, 0.3) is 0 Å². The van der Waals surface area contributed by atoms with E-state index in [0.717, 1.165) is 0 Å². The van der Waals surface area contributed by atoms with Crippen LogP contribution >= 0.6 is 0 Å². The Morgan fingerprint density at radius 1 is 0.971 bits per heavy atom. The number of methoxy groups -OCH3 is 2. The third kappa shape index (κ3) is 4.27. The fraction of sp³-hybridized carbons (Fsp3) is 0.190. The number of aryl methyl sites for hydroxylation is 1. The number of rotatable bonds is 5. The van der Waals surface area contributed by atoms with Gasteiger partial charge in [-0.05, 0) is 31.2 Å². The Kier molecular flexibility index (Phi) is 5.69. The highest BCUT2D eigenvalue weighted by Gasteiger charge is 2.42. The van der Waals surface area contributed by atoms with Crippen molar-refractivity contribution in [2.24, 2.45) is 0 Å². The van der Waals surface area contributed by atoms with Crippen LogP contribution in [0.25, 0.3) is 21.8 Å². The minimum Gasteiger partial charge on any atom is -0.495 e. The number of benzene rings is 2. The largest absolute Gasteiger partial charge is 0.495 e. The van der Waals surface area contributed by atoms with Gasteiger partial charge in [0.2, 0.25) is 17.8 Å². The lowest BCUT2D eigenvalue weighted by atomic mass is 10.1. The molecule has 2 heterocycles. The number of hydrogen-bond acceptors (Lipinski definition) is 10. The first-order valence-electron chi connectivity index (χ1n) is 9.63. The molecule has 0 unspecified atom stereocenters. The Balaban J connectivity index is 1.81. The number of nitrogens with two attached hydrogens (primary N) is 1. The molecule has 2 aromatic heterocycles. The number of ether oxygens (including phenoxy) is 3. The number of nitrogens with zero attached hydrogens (tertiary/aromatic N) is 4. The molecule has 0 radical (unpaired) electrons. The van der Waals surface area contributed by atoms with E-state index in [-0.39, 0.29) is 28.5 Å². The number of fused-ring (bicyclic) bond motifs is 2. The summed E-state index contributed by atoms with van der Waals surface area (Å²) in [6.07, 6.45) is -5.22. The van der Waals surface area contributed by atoms with Crippen LogP contribution in [0.15, 0.2) is 30.3 Å². The lowest BCUT2D eigenvalue weighted by molar-refractivity contribution is -0.189. The predicted molar refractivity (Wildman–Crippen MR) is 116 cm³/mol. The second-order valence-electron chi connectivity index (χ2n) is 6.97. The van der Waals surface area contributed by atoms with Crippen LogP contribution in [0.5, 0.6) is 17.4 Å². The Hall–Kier alpha value is -4.42. The van der Waals surface area contributed by atoms with Crippen LogP contribution in [0.4, 0.5) is 30.8 Å². The van der Waals surface area contributed by atoms with E-state index in [1.165, 1.54) is 26.4 Å². The zero-order valence-corrected chi connectivity index (χ0v) is 18.0. The van der Waals surface area contributed by atoms with E-state index in [4.69, 9.17) is 15.2 Å². The fourth-order valence-corrected chi connectivity index (χ4v) is 3.20. The summed E-state index contributed by atoms with van der Waals surface area (Å²) < 4.78 is 53.4. The van der Waals surface area contributed by atoms with Gasteiger partial charge in [-0.25, -0.2) is 19.7 Å².